The topological polar surface area (TPSA) is 88.8 Å². The second-order valence-electron chi connectivity index (χ2n) is 4.15. The van der Waals surface area contributed by atoms with Crippen LogP contribution in [0.5, 0.6) is 5.75 Å². The molecule has 0 radical (unpaired) electrons. The zero-order valence-electron chi connectivity index (χ0n) is 11.0. The van der Waals surface area contributed by atoms with E-state index in [9.17, 15) is 0 Å². The number of nitrogens with zero attached hydrogens (tertiary/aromatic N) is 2. The van der Waals surface area contributed by atoms with Gasteiger partial charge in [-0.05, 0) is 18.7 Å². The molecular weight excluding hydrogens is 242 g/mol. The molecule has 1 aromatic carbocycles. The number of aromatic nitrogens is 3. The number of hydrogen-bond acceptors (Lipinski definition) is 5. The molecule has 19 heavy (non-hydrogen) atoms. The highest BCUT2D eigenvalue weighted by molar-refractivity contribution is 5.48. The molecule has 4 N–H and O–H groups in total. The Morgan fingerprint density at radius 2 is 2.26 bits per heavy atom. The molecular formula is C13H19N5O. The molecule has 0 unspecified atom stereocenters. The quantitative estimate of drug-likeness (QED) is 0.691. The fraction of sp³-hybridized carbons (Fsp3) is 0.385. The van der Waals surface area contributed by atoms with Gasteiger partial charge in [0.15, 0.2) is 5.82 Å². The van der Waals surface area contributed by atoms with Crippen LogP contribution in [-0.2, 0) is 12.8 Å². The average Bonchev–Trinajstić information content (AvgIpc) is 2.87. The van der Waals surface area contributed by atoms with Gasteiger partial charge >= 0.3 is 0 Å². The molecule has 0 atom stereocenters. The minimum absolute atomic E-state index is 0.580. The predicted octanol–water partition coefficient (Wildman–Crippen LogP) is 0.969. The highest BCUT2D eigenvalue weighted by Gasteiger charge is 2.02. The van der Waals surface area contributed by atoms with Crippen molar-refractivity contribution < 1.29 is 4.74 Å². The first-order chi connectivity index (χ1) is 9.31. The molecule has 0 fully saturated rings. The number of nitrogens with two attached hydrogens (primary N) is 1. The van der Waals surface area contributed by atoms with E-state index >= 15 is 0 Å². The van der Waals surface area contributed by atoms with E-state index in [1.807, 2.05) is 24.3 Å². The van der Waals surface area contributed by atoms with Gasteiger partial charge in [0.25, 0.3) is 0 Å². The molecule has 0 saturated heterocycles. The Labute approximate surface area is 112 Å². The molecule has 2 rings (SSSR count). The Balaban J connectivity index is 1.81. The maximum atomic E-state index is 5.46. The van der Waals surface area contributed by atoms with Crippen molar-refractivity contribution in [1.29, 1.82) is 0 Å². The van der Waals surface area contributed by atoms with Crippen molar-refractivity contribution in [2.45, 2.75) is 12.8 Å². The first kappa shape index (κ1) is 13.4. The zero-order valence-corrected chi connectivity index (χ0v) is 11.0. The van der Waals surface area contributed by atoms with Gasteiger partial charge in [-0.3, -0.25) is 5.10 Å². The fourth-order valence-electron chi connectivity index (χ4n) is 1.75. The second-order valence-corrected chi connectivity index (χ2v) is 4.15. The second kappa shape index (κ2) is 6.75. The fourth-order valence-corrected chi connectivity index (χ4v) is 1.75. The summed E-state index contributed by atoms with van der Waals surface area (Å²) in [6.07, 6.45) is 1.49. The molecule has 0 aliphatic carbocycles. The van der Waals surface area contributed by atoms with E-state index in [0.29, 0.717) is 6.54 Å². The summed E-state index contributed by atoms with van der Waals surface area (Å²) in [5, 5.41) is 10.3. The van der Waals surface area contributed by atoms with Crippen LogP contribution >= 0.6 is 0 Å². The number of rotatable bonds is 7. The van der Waals surface area contributed by atoms with E-state index in [1.54, 1.807) is 7.11 Å². The summed E-state index contributed by atoms with van der Waals surface area (Å²) in [5.41, 5.74) is 6.49. The lowest BCUT2D eigenvalue weighted by atomic mass is 10.3. The zero-order chi connectivity index (χ0) is 13.5. The summed E-state index contributed by atoms with van der Waals surface area (Å²) in [6.45, 7) is 1.35. The van der Waals surface area contributed by atoms with E-state index in [0.717, 1.165) is 42.5 Å². The molecule has 0 aliphatic heterocycles. The Kier molecular flexibility index (Phi) is 4.74. The summed E-state index contributed by atoms with van der Waals surface area (Å²) in [7, 11) is 1.66. The maximum absolute atomic E-state index is 5.46. The van der Waals surface area contributed by atoms with Crippen LogP contribution in [0, 0.1) is 0 Å². The first-order valence-corrected chi connectivity index (χ1v) is 6.30. The molecule has 6 heteroatoms. The summed E-state index contributed by atoms with van der Waals surface area (Å²) in [6, 6.07) is 7.82. The number of benzene rings is 1. The van der Waals surface area contributed by atoms with Crippen molar-refractivity contribution in [3.63, 3.8) is 0 Å². The van der Waals surface area contributed by atoms with Crippen molar-refractivity contribution in [3.05, 3.63) is 35.9 Å². The van der Waals surface area contributed by atoms with Crippen molar-refractivity contribution in [1.82, 2.24) is 15.2 Å². The number of methoxy groups -OCH3 is 1. The Bertz CT molecular complexity index is 511. The molecule has 2 aromatic rings. The smallest absolute Gasteiger partial charge is 0.152 e. The van der Waals surface area contributed by atoms with Gasteiger partial charge in [0, 0.05) is 31.1 Å². The summed E-state index contributed by atoms with van der Waals surface area (Å²) < 4.78 is 5.17. The third-order valence-electron chi connectivity index (χ3n) is 2.71. The van der Waals surface area contributed by atoms with E-state index in [4.69, 9.17) is 10.5 Å². The predicted molar refractivity (Wildman–Crippen MR) is 74.3 cm³/mol. The van der Waals surface area contributed by atoms with Crippen LogP contribution in [0.3, 0.4) is 0 Å². The van der Waals surface area contributed by atoms with Crippen LogP contribution in [0.1, 0.15) is 11.6 Å². The normalized spacial score (nSPS) is 10.4. The summed E-state index contributed by atoms with van der Waals surface area (Å²) >= 11 is 0. The number of aromatic amines is 1. The van der Waals surface area contributed by atoms with Crippen molar-refractivity contribution in [2.75, 3.05) is 25.5 Å². The van der Waals surface area contributed by atoms with Crippen LogP contribution in [-0.4, -0.2) is 35.4 Å². The number of H-pyrrole nitrogens is 1. The van der Waals surface area contributed by atoms with Crippen molar-refractivity contribution in [2.24, 2.45) is 5.73 Å². The Hall–Kier alpha value is -2.08. The van der Waals surface area contributed by atoms with Gasteiger partial charge in [-0.2, -0.15) is 5.10 Å². The van der Waals surface area contributed by atoms with Crippen LogP contribution < -0.4 is 15.8 Å². The molecule has 0 spiro atoms. The van der Waals surface area contributed by atoms with Gasteiger partial charge in [-0.1, -0.05) is 6.07 Å². The van der Waals surface area contributed by atoms with Gasteiger partial charge in [0.05, 0.1) is 7.11 Å². The first-order valence-electron chi connectivity index (χ1n) is 6.30. The SMILES string of the molecule is COc1cccc(NCCc2n[nH]c(CCN)n2)c1. The van der Waals surface area contributed by atoms with Crippen LogP contribution in [0.2, 0.25) is 0 Å². The minimum atomic E-state index is 0.580. The highest BCUT2D eigenvalue weighted by Crippen LogP contribution is 2.16. The molecule has 1 heterocycles. The molecule has 6 nitrogen and oxygen atoms in total. The number of hydrogen-bond donors (Lipinski definition) is 3. The van der Waals surface area contributed by atoms with Crippen LogP contribution in [0.25, 0.3) is 0 Å². The Morgan fingerprint density at radius 1 is 1.37 bits per heavy atom. The third kappa shape index (κ3) is 3.96. The van der Waals surface area contributed by atoms with Crippen LogP contribution in [0.15, 0.2) is 24.3 Å². The standard InChI is InChI=1S/C13H19N5O/c1-19-11-4-2-3-10(9-11)15-8-6-13-16-12(5-7-14)17-18-13/h2-4,9,15H,5-8,14H2,1H3,(H,16,17,18). The molecule has 0 amide bonds. The summed E-state index contributed by atoms with van der Waals surface area (Å²) in [5.74, 6) is 2.49. The molecule has 0 aliphatic rings. The lowest BCUT2D eigenvalue weighted by molar-refractivity contribution is 0.415. The largest absolute Gasteiger partial charge is 0.497 e. The average molecular weight is 261 g/mol. The molecule has 0 bridgehead atoms. The van der Waals surface area contributed by atoms with E-state index in [-0.39, 0.29) is 0 Å². The van der Waals surface area contributed by atoms with E-state index in [1.165, 1.54) is 0 Å². The van der Waals surface area contributed by atoms with E-state index in [2.05, 4.69) is 20.5 Å². The number of anilines is 1. The number of ether oxygens (including phenoxy) is 1. The Morgan fingerprint density at radius 3 is 3.05 bits per heavy atom. The molecule has 1 aromatic heterocycles. The number of nitrogens with one attached hydrogen (secondary N) is 2. The van der Waals surface area contributed by atoms with Gasteiger partial charge < -0.3 is 15.8 Å². The minimum Gasteiger partial charge on any atom is -0.497 e. The van der Waals surface area contributed by atoms with Crippen molar-refractivity contribution in [3.8, 4) is 5.75 Å². The lowest BCUT2D eigenvalue weighted by Crippen LogP contribution is -2.06. The molecule has 0 saturated carbocycles. The monoisotopic (exact) mass is 261 g/mol. The molecule has 102 valence electrons. The third-order valence-corrected chi connectivity index (χ3v) is 2.71. The van der Waals surface area contributed by atoms with Gasteiger partial charge in [-0.15, -0.1) is 0 Å². The van der Waals surface area contributed by atoms with Crippen LogP contribution in [0.4, 0.5) is 5.69 Å². The highest BCUT2D eigenvalue weighted by atomic mass is 16.5. The van der Waals surface area contributed by atoms with Gasteiger partial charge in [-0.25, -0.2) is 4.98 Å². The lowest BCUT2D eigenvalue weighted by Gasteiger charge is -2.06. The van der Waals surface area contributed by atoms with Gasteiger partial charge in [0.2, 0.25) is 0 Å². The van der Waals surface area contributed by atoms with E-state index < -0.39 is 0 Å². The summed E-state index contributed by atoms with van der Waals surface area (Å²) in [4.78, 5) is 4.35. The van der Waals surface area contributed by atoms with Crippen molar-refractivity contribution >= 4 is 5.69 Å². The van der Waals surface area contributed by atoms with Gasteiger partial charge in [0.1, 0.15) is 11.6 Å². The maximum Gasteiger partial charge on any atom is 0.152 e.